The smallest absolute Gasteiger partial charge is 0.414 e. The molecule has 3 aromatic carbocycles. The highest BCUT2D eigenvalue weighted by atomic mass is 35.5. The van der Waals surface area contributed by atoms with Gasteiger partial charge in [-0.2, -0.15) is 17.9 Å². The first-order chi connectivity index (χ1) is 27.2. The van der Waals surface area contributed by atoms with Gasteiger partial charge in [-0.05, 0) is 90.9 Å². The molecule has 2 N–H and O–H groups in total. The van der Waals surface area contributed by atoms with E-state index in [0.29, 0.717) is 55.9 Å². The molecular formula is C39H47ClFN7O8S2. The topological polar surface area (TPSA) is 166 Å². The van der Waals surface area contributed by atoms with E-state index in [-0.39, 0.29) is 30.3 Å². The molecule has 0 bridgehead atoms. The maximum absolute atomic E-state index is 14.5. The van der Waals surface area contributed by atoms with Crippen LogP contribution >= 0.6 is 22.9 Å². The first-order valence-corrected chi connectivity index (χ1v) is 20.7. The van der Waals surface area contributed by atoms with Crippen LogP contribution in [0.15, 0.2) is 67.0 Å². The summed E-state index contributed by atoms with van der Waals surface area (Å²) < 4.78 is 67.3. The summed E-state index contributed by atoms with van der Waals surface area (Å²) >= 11 is 7.06. The molecule has 0 saturated heterocycles. The van der Waals surface area contributed by atoms with E-state index < -0.39 is 44.6 Å². The molecule has 15 nitrogen and oxygen atoms in total. The van der Waals surface area contributed by atoms with Gasteiger partial charge in [0, 0.05) is 40.8 Å². The average Bonchev–Trinajstić information content (AvgIpc) is 3.78. The van der Waals surface area contributed by atoms with E-state index >= 15 is 0 Å². The van der Waals surface area contributed by atoms with Crippen molar-refractivity contribution >= 4 is 78.3 Å². The number of nitrogens with zero attached hydrogens (tertiary/aromatic N) is 5. The van der Waals surface area contributed by atoms with Gasteiger partial charge in [0.15, 0.2) is 5.13 Å². The number of carbonyl (C=O) groups is 2. The van der Waals surface area contributed by atoms with Crippen molar-refractivity contribution in [3.05, 3.63) is 82.7 Å². The molecule has 1 unspecified atom stereocenters. The predicted molar refractivity (Wildman–Crippen MR) is 223 cm³/mol. The first-order valence-electron chi connectivity index (χ1n) is 18.1. The second-order valence-corrected chi connectivity index (χ2v) is 18.1. The highest BCUT2D eigenvalue weighted by Gasteiger charge is 2.32. The number of nitrogens with one attached hydrogen (secondary N) is 2. The van der Waals surface area contributed by atoms with Gasteiger partial charge >= 0.3 is 22.3 Å². The number of hydrogen-bond donors (Lipinski definition) is 2. The average molecular weight is 860 g/mol. The molecular weight excluding hydrogens is 813 g/mol. The van der Waals surface area contributed by atoms with Crippen LogP contribution in [0.25, 0.3) is 10.9 Å². The van der Waals surface area contributed by atoms with Gasteiger partial charge in [-0.1, -0.05) is 29.0 Å². The van der Waals surface area contributed by atoms with E-state index in [1.54, 1.807) is 103 Å². The lowest BCUT2D eigenvalue weighted by Gasteiger charge is -2.30. The Morgan fingerprint density at radius 3 is 2.33 bits per heavy atom. The Kier molecular flexibility index (Phi) is 13.5. The van der Waals surface area contributed by atoms with Crippen molar-refractivity contribution in [1.29, 1.82) is 0 Å². The van der Waals surface area contributed by atoms with E-state index in [4.69, 9.17) is 30.5 Å². The summed E-state index contributed by atoms with van der Waals surface area (Å²) in [6, 6.07) is 14.1. The highest BCUT2D eigenvalue weighted by molar-refractivity contribution is 7.91. The van der Waals surface area contributed by atoms with Gasteiger partial charge in [0.2, 0.25) is 5.13 Å². The molecule has 0 radical (unpaired) electrons. The summed E-state index contributed by atoms with van der Waals surface area (Å²) in [4.78, 5) is 31.9. The SMILES string of the molecule is COc1ccc(CN(c2ncc(F)s2)S(=O)(=O)n2ncc3c(Nc4ccc(Cl)cc4N(CCNC(C)C(=O)OC(C)(C)C)C(=O)OC(C)(C)C)cccc32)c(OC)c1. The molecule has 0 saturated carbocycles. The van der Waals surface area contributed by atoms with Crippen LogP contribution in [0.5, 0.6) is 11.5 Å². The van der Waals surface area contributed by atoms with Crippen molar-refractivity contribution in [3.63, 3.8) is 0 Å². The molecule has 0 aliphatic rings. The zero-order chi connectivity index (χ0) is 42.6. The number of benzene rings is 3. The summed E-state index contributed by atoms with van der Waals surface area (Å²) in [6.45, 7) is 12.2. The normalized spacial score (nSPS) is 12.5. The van der Waals surface area contributed by atoms with Gasteiger partial charge in [0.1, 0.15) is 28.7 Å². The fourth-order valence-electron chi connectivity index (χ4n) is 5.63. The molecule has 2 aromatic heterocycles. The second kappa shape index (κ2) is 17.8. The van der Waals surface area contributed by atoms with Crippen molar-refractivity contribution < 1.29 is 41.3 Å². The second-order valence-electron chi connectivity index (χ2n) is 15.0. The number of hydrogen-bond acceptors (Lipinski definition) is 13. The Hall–Kier alpha value is -5.17. The zero-order valence-electron chi connectivity index (χ0n) is 33.6. The van der Waals surface area contributed by atoms with E-state index in [1.807, 2.05) is 0 Å². The summed E-state index contributed by atoms with van der Waals surface area (Å²) in [5.74, 6) is 0.399. The summed E-state index contributed by atoms with van der Waals surface area (Å²) in [5, 5.41) is 10.6. The van der Waals surface area contributed by atoms with Gasteiger partial charge < -0.3 is 29.6 Å². The largest absolute Gasteiger partial charge is 0.497 e. The van der Waals surface area contributed by atoms with Gasteiger partial charge in [-0.3, -0.25) is 9.69 Å². The van der Waals surface area contributed by atoms with Crippen LogP contribution < -0.4 is 29.3 Å². The molecule has 58 heavy (non-hydrogen) atoms. The summed E-state index contributed by atoms with van der Waals surface area (Å²) in [7, 11) is -1.62. The molecule has 1 atom stereocenters. The summed E-state index contributed by atoms with van der Waals surface area (Å²) in [6.07, 6.45) is 1.65. The van der Waals surface area contributed by atoms with Crippen LogP contribution in [0, 0.1) is 5.13 Å². The van der Waals surface area contributed by atoms with Crippen molar-refractivity contribution in [2.24, 2.45) is 0 Å². The Bertz CT molecular complexity index is 2380. The van der Waals surface area contributed by atoms with E-state index in [2.05, 4.69) is 20.7 Å². The number of anilines is 4. The van der Waals surface area contributed by atoms with Crippen molar-refractivity contribution in [2.75, 3.05) is 41.8 Å². The number of esters is 1. The third-order valence-corrected chi connectivity index (χ3v) is 11.0. The lowest BCUT2D eigenvalue weighted by molar-refractivity contribution is -0.156. The highest BCUT2D eigenvalue weighted by Crippen LogP contribution is 2.37. The van der Waals surface area contributed by atoms with Crippen LogP contribution in [0.1, 0.15) is 54.0 Å². The van der Waals surface area contributed by atoms with Crippen molar-refractivity contribution in [3.8, 4) is 11.5 Å². The fraction of sp³-hybridized carbons (Fsp3) is 0.385. The number of fused-ring (bicyclic) bond motifs is 1. The molecule has 0 fully saturated rings. The first kappa shape index (κ1) is 43.9. The molecule has 0 aliphatic heterocycles. The third kappa shape index (κ3) is 10.7. The molecule has 2 heterocycles. The number of thiazole rings is 1. The number of amides is 1. The number of rotatable bonds is 15. The Balaban J connectivity index is 1.51. The fourth-order valence-corrected chi connectivity index (χ4v) is 8.05. The number of aromatic nitrogens is 3. The maximum atomic E-state index is 14.5. The number of methoxy groups -OCH3 is 2. The molecule has 0 spiro atoms. The number of ether oxygens (including phenoxy) is 4. The third-order valence-electron chi connectivity index (χ3n) is 8.24. The quantitative estimate of drug-likeness (QED) is 0.0979. The molecule has 5 rings (SSSR count). The minimum atomic E-state index is -4.56. The minimum absolute atomic E-state index is 0.0591. The van der Waals surface area contributed by atoms with E-state index in [0.717, 1.165) is 14.6 Å². The van der Waals surface area contributed by atoms with Crippen molar-refractivity contribution in [1.82, 2.24) is 19.5 Å². The molecule has 312 valence electrons. The van der Waals surface area contributed by atoms with Gasteiger partial charge in [0.05, 0.1) is 50.0 Å². The Morgan fingerprint density at radius 2 is 1.69 bits per heavy atom. The van der Waals surface area contributed by atoms with Crippen LogP contribution in [0.4, 0.5) is 31.4 Å². The van der Waals surface area contributed by atoms with Crippen LogP contribution in [-0.4, -0.2) is 79.2 Å². The molecule has 19 heteroatoms. The number of halogens is 2. The van der Waals surface area contributed by atoms with Gasteiger partial charge in [0.25, 0.3) is 0 Å². The minimum Gasteiger partial charge on any atom is -0.497 e. The molecule has 1 amide bonds. The van der Waals surface area contributed by atoms with Crippen LogP contribution in [0.2, 0.25) is 5.02 Å². The van der Waals surface area contributed by atoms with E-state index in [9.17, 15) is 22.4 Å². The molecule has 5 aromatic rings. The van der Waals surface area contributed by atoms with Gasteiger partial charge in [-0.25, -0.2) is 14.1 Å². The zero-order valence-corrected chi connectivity index (χ0v) is 36.0. The predicted octanol–water partition coefficient (Wildman–Crippen LogP) is 7.91. The monoisotopic (exact) mass is 859 g/mol. The van der Waals surface area contributed by atoms with Crippen LogP contribution in [0.3, 0.4) is 0 Å². The Morgan fingerprint density at radius 1 is 0.966 bits per heavy atom. The van der Waals surface area contributed by atoms with Crippen molar-refractivity contribution in [2.45, 2.75) is 72.3 Å². The summed E-state index contributed by atoms with van der Waals surface area (Å²) in [5.41, 5.74) is 0.328. The molecule has 0 aliphatic carbocycles. The van der Waals surface area contributed by atoms with Gasteiger partial charge in [-0.15, -0.1) is 4.09 Å². The van der Waals surface area contributed by atoms with E-state index in [1.165, 1.54) is 25.3 Å². The Labute approximate surface area is 346 Å². The lowest BCUT2D eigenvalue weighted by atomic mass is 10.2. The standard InChI is InChI=1S/C39H47ClFN7O8S2/c1-24(35(49)55-38(2,3)4)42-17-18-46(37(50)56-39(5,6)7)32-19-26(40)14-16-30(32)45-29-11-10-12-31-28(29)21-44-48(31)58(51,52)47(36-43-22-34(41)57-36)23-25-13-15-27(53-8)20-33(25)54-9/h10-16,19-22,24,42,45H,17-18,23H2,1-9H3. The van der Waals surface area contributed by atoms with Crippen LogP contribution in [-0.2, 0) is 31.0 Å². The lowest BCUT2D eigenvalue weighted by Crippen LogP contribution is -2.45. The number of carbonyl (C=O) groups excluding carboxylic acids is 2. The maximum Gasteiger partial charge on any atom is 0.414 e.